The molecule has 6 heteroatoms. The van der Waals surface area contributed by atoms with Crippen molar-refractivity contribution in [1.82, 2.24) is 15.2 Å². The van der Waals surface area contributed by atoms with E-state index in [2.05, 4.69) is 53.6 Å². The highest BCUT2D eigenvalue weighted by Gasteiger charge is 2.15. The Hall–Kier alpha value is -4.03. The van der Waals surface area contributed by atoms with Crippen LogP contribution >= 0.6 is 11.8 Å². The van der Waals surface area contributed by atoms with Crippen molar-refractivity contribution in [2.45, 2.75) is 19.0 Å². The number of fused-ring (bicyclic) bond motifs is 1. The minimum atomic E-state index is -0.116. The van der Waals surface area contributed by atoms with Crippen LogP contribution in [0.2, 0.25) is 0 Å². The Morgan fingerprint density at radius 2 is 1.37 bits per heavy atom. The van der Waals surface area contributed by atoms with Crippen LogP contribution < -0.4 is 5.32 Å². The molecule has 0 saturated carbocycles. The molecule has 0 saturated heterocycles. The van der Waals surface area contributed by atoms with E-state index in [1.54, 1.807) is 0 Å². The van der Waals surface area contributed by atoms with Crippen molar-refractivity contribution < 1.29 is 4.79 Å². The number of aromatic nitrogens is 3. The average molecular weight is 477 g/mol. The maximum Gasteiger partial charge on any atom is 0.234 e. The first-order chi connectivity index (χ1) is 17.1. The maximum absolute atomic E-state index is 12.7. The number of nitrogens with zero attached hydrogens (tertiary/aromatic N) is 3. The fourth-order valence-corrected chi connectivity index (χ4v) is 4.43. The number of anilines is 1. The summed E-state index contributed by atoms with van der Waals surface area (Å²) < 4.78 is 0. The fourth-order valence-electron chi connectivity index (χ4n) is 3.84. The summed E-state index contributed by atoms with van der Waals surface area (Å²) in [5.74, 6) is 0.0664. The van der Waals surface area contributed by atoms with Crippen LogP contribution in [-0.4, -0.2) is 26.8 Å². The number of nitrogens with one attached hydrogen (secondary N) is 1. The fraction of sp³-hybridized carbons (Fsp3) is 0.103. The zero-order chi connectivity index (χ0) is 24.2. The lowest BCUT2D eigenvalue weighted by Gasteiger charge is -2.11. The zero-order valence-corrected chi connectivity index (χ0v) is 20.3. The number of thioether (sulfide) groups is 1. The first-order valence-corrected chi connectivity index (χ1v) is 12.3. The monoisotopic (exact) mass is 476 g/mol. The molecule has 172 valence electrons. The topological polar surface area (TPSA) is 67.8 Å². The quantitative estimate of drug-likeness (QED) is 0.276. The van der Waals surface area contributed by atoms with Crippen molar-refractivity contribution in [2.24, 2.45) is 0 Å². The highest BCUT2D eigenvalue weighted by atomic mass is 32.2. The van der Waals surface area contributed by atoms with Crippen molar-refractivity contribution >= 4 is 34.1 Å². The Morgan fingerprint density at radius 3 is 2.09 bits per heavy atom. The second-order valence-electron chi connectivity index (χ2n) is 8.39. The molecule has 1 amide bonds. The van der Waals surface area contributed by atoms with Gasteiger partial charge in [0.25, 0.3) is 0 Å². The van der Waals surface area contributed by atoms with Gasteiger partial charge in [0.2, 0.25) is 11.1 Å². The minimum absolute atomic E-state index is 0.116. The van der Waals surface area contributed by atoms with E-state index < -0.39 is 0 Å². The Bertz CT molecular complexity index is 1490. The lowest BCUT2D eigenvalue weighted by Crippen LogP contribution is -2.14. The van der Waals surface area contributed by atoms with Gasteiger partial charge in [-0.3, -0.25) is 4.79 Å². The molecule has 1 heterocycles. The average Bonchev–Trinajstić information content (AvgIpc) is 2.89. The van der Waals surface area contributed by atoms with Crippen molar-refractivity contribution in [3.63, 3.8) is 0 Å². The first kappa shape index (κ1) is 22.7. The Morgan fingerprint density at radius 1 is 0.743 bits per heavy atom. The predicted octanol–water partition coefficient (Wildman–Crippen LogP) is 6.71. The first-order valence-electron chi connectivity index (χ1n) is 11.4. The molecule has 0 fully saturated rings. The van der Waals surface area contributed by atoms with Gasteiger partial charge in [-0.2, -0.15) is 0 Å². The normalized spacial score (nSPS) is 10.9. The van der Waals surface area contributed by atoms with Crippen LogP contribution in [0.3, 0.4) is 0 Å². The summed E-state index contributed by atoms with van der Waals surface area (Å²) in [7, 11) is 0. The van der Waals surface area contributed by atoms with E-state index >= 15 is 0 Å². The molecule has 5 aromatic rings. The number of rotatable bonds is 6. The van der Waals surface area contributed by atoms with Crippen LogP contribution in [0.1, 0.15) is 11.1 Å². The van der Waals surface area contributed by atoms with E-state index in [1.165, 1.54) is 22.9 Å². The largest absolute Gasteiger partial charge is 0.325 e. The number of aryl methyl sites for hydroxylation is 2. The smallest absolute Gasteiger partial charge is 0.234 e. The van der Waals surface area contributed by atoms with E-state index in [9.17, 15) is 4.79 Å². The minimum Gasteiger partial charge on any atom is -0.325 e. The van der Waals surface area contributed by atoms with Gasteiger partial charge in [-0.25, -0.2) is 4.98 Å². The summed E-state index contributed by atoms with van der Waals surface area (Å²) in [6.45, 7) is 4.11. The predicted molar refractivity (Wildman–Crippen MR) is 143 cm³/mol. The second kappa shape index (κ2) is 10.1. The molecule has 0 aliphatic rings. The molecule has 0 unspecified atom stereocenters. The van der Waals surface area contributed by atoms with Crippen molar-refractivity contribution in [2.75, 3.05) is 11.1 Å². The van der Waals surface area contributed by atoms with Crippen LogP contribution in [0.4, 0.5) is 5.69 Å². The Kier molecular flexibility index (Phi) is 6.55. The van der Waals surface area contributed by atoms with Crippen LogP contribution in [0, 0.1) is 13.8 Å². The Balaban J connectivity index is 1.39. The van der Waals surface area contributed by atoms with Gasteiger partial charge in [-0.05, 0) is 25.3 Å². The molecule has 5 nitrogen and oxygen atoms in total. The SMILES string of the molecule is Cc1ccc(-c2nnc(SCC(=O)Nc3cccc4ccccc34)nc2-c2ccc(C)cc2)cc1. The molecular weight excluding hydrogens is 452 g/mol. The zero-order valence-electron chi connectivity index (χ0n) is 19.5. The molecule has 4 aromatic carbocycles. The van der Waals surface area contributed by atoms with E-state index in [4.69, 9.17) is 4.98 Å². The molecular formula is C29H24N4OS. The summed E-state index contributed by atoms with van der Waals surface area (Å²) in [5.41, 5.74) is 6.53. The van der Waals surface area contributed by atoms with E-state index in [1.807, 2.05) is 66.7 Å². The number of carbonyl (C=O) groups excluding carboxylic acids is 1. The molecule has 0 bridgehead atoms. The van der Waals surface area contributed by atoms with Gasteiger partial charge in [0.15, 0.2) is 0 Å². The van der Waals surface area contributed by atoms with Gasteiger partial charge in [0.1, 0.15) is 11.4 Å². The third-order valence-electron chi connectivity index (χ3n) is 5.71. The molecule has 0 atom stereocenters. The van der Waals surface area contributed by atoms with Crippen LogP contribution in [-0.2, 0) is 4.79 Å². The second-order valence-corrected chi connectivity index (χ2v) is 9.33. The number of amides is 1. The molecule has 0 radical (unpaired) electrons. The molecule has 35 heavy (non-hydrogen) atoms. The van der Waals surface area contributed by atoms with E-state index in [0.29, 0.717) is 5.16 Å². The summed E-state index contributed by atoms with van der Waals surface area (Å²) in [6.07, 6.45) is 0. The lowest BCUT2D eigenvalue weighted by atomic mass is 10.0. The third kappa shape index (κ3) is 5.23. The van der Waals surface area contributed by atoms with Crippen LogP contribution in [0.25, 0.3) is 33.3 Å². The number of hydrogen-bond acceptors (Lipinski definition) is 5. The standard InChI is InChI=1S/C29H24N4OS/c1-19-10-14-22(15-11-19)27-28(23-16-12-20(2)13-17-23)32-33-29(31-27)35-18-26(34)30-25-9-5-7-21-6-3-4-8-24(21)25/h3-17H,18H2,1-2H3,(H,30,34). The number of hydrogen-bond donors (Lipinski definition) is 1. The molecule has 5 rings (SSSR count). The maximum atomic E-state index is 12.7. The highest BCUT2D eigenvalue weighted by molar-refractivity contribution is 7.99. The molecule has 0 spiro atoms. The van der Waals surface area contributed by atoms with E-state index in [-0.39, 0.29) is 11.7 Å². The summed E-state index contributed by atoms with van der Waals surface area (Å²) in [4.78, 5) is 17.5. The molecule has 0 aliphatic heterocycles. The van der Waals surface area contributed by atoms with Gasteiger partial charge in [0.05, 0.1) is 5.75 Å². The lowest BCUT2D eigenvalue weighted by molar-refractivity contribution is -0.113. The van der Waals surface area contributed by atoms with Crippen LogP contribution in [0.15, 0.2) is 96.2 Å². The van der Waals surface area contributed by atoms with Crippen LogP contribution in [0.5, 0.6) is 0 Å². The van der Waals surface area contributed by atoms with Crippen molar-refractivity contribution in [1.29, 1.82) is 0 Å². The number of benzene rings is 4. The van der Waals surface area contributed by atoms with Gasteiger partial charge in [-0.15, -0.1) is 10.2 Å². The van der Waals surface area contributed by atoms with Gasteiger partial charge in [-0.1, -0.05) is 108 Å². The van der Waals surface area contributed by atoms with Crippen molar-refractivity contribution in [3.05, 3.63) is 102 Å². The molecule has 1 aromatic heterocycles. The Labute approximate surface area is 208 Å². The number of carbonyl (C=O) groups is 1. The third-order valence-corrected chi connectivity index (χ3v) is 6.55. The highest BCUT2D eigenvalue weighted by Crippen LogP contribution is 2.30. The summed E-state index contributed by atoms with van der Waals surface area (Å²) in [5, 5.41) is 14.4. The van der Waals surface area contributed by atoms with Gasteiger partial charge >= 0.3 is 0 Å². The van der Waals surface area contributed by atoms with Crippen molar-refractivity contribution in [3.8, 4) is 22.5 Å². The molecule has 1 N–H and O–H groups in total. The van der Waals surface area contributed by atoms with E-state index in [0.717, 1.165) is 39.0 Å². The summed E-state index contributed by atoms with van der Waals surface area (Å²) >= 11 is 1.27. The summed E-state index contributed by atoms with van der Waals surface area (Å²) in [6, 6.07) is 30.2. The van der Waals surface area contributed by atoms with Gasteiger partial charge < -0.3 is 5.32 Å². The van der Waals surface area contributed by atoms with Gasteiger partial charge in [0, 0.05) is 22.2 Å². The molecule has 0 aliphatic carbocycles.